The van der Waals surface area contributed by atoms with E-state index in [1.54, 1.807) is 0 Å². The third kappa shape index (κ3) is 4.00. The van der Waals surface area contributed by atoms with E-state index in [1.807, 2.05) is 11.8 Å². The van der Waals surface area contributed by atoms with Crippen molar-refractivity contribution in [2.45, 2.75) is 75.8 Å². The van der Waals surface area contributed by atoms with Crippen LogP contribution in [-0.2, 0) is 6.42 Å². The number of para-hydroxylation sites is 1. The second-order valence-corrected chi connectivity index (χ2v) is 10.2. The van der Waals surface area contributed by atoms with Crippen LogP contribution in [0.4, 0.5) is 5.69 Å². The molecule has 1 aromatic carbocycles. The lowest BCUT2D eigenvalue weighted by Gasteiger charge is -2.14. The summed E-state index contributed by atoms with van der Waals surface area (Å²) in [5.41, 5.74) is 3.51. The molecular formula is C24H29N5OS. The molecule has 1 aliphatic heterocycles. The first kappa shape index (κ1) is 19.4. The van der Waals surface area contributed by atoms with Gasteiger partial charge in [-0.3, -0.25) is 4.99 Å². The molecule has 3 aliphatic rings. The van der Waals surface area contributed by atoms with Crippen molar-refractivity contribution in [2.75, 3.05) is 11.1 Å². The number of aromatic nitrogens is 3. The molecule has 3 heterocycles. The van der Waals surface area contributed by atoms with Crippen molar-refractivity contribution >= 4 is 33.4 Å². The van der Waals surface area contributed by atoms with Gasteiger partial charge in [0.1, 0.15) is 5.04 Å². The zero-order chi connectivity index (χ0) is 20.6. The Kier molecular flexibility index (Phi) is 5.22. The van der Waals surface area contributed by atoms with Gasteiger partial charge in [0.15, 0.2) is 5.82 Å². The molecule has 7 heteroatoms. The standard InChI is InChI=1S/C24H29N5OS/c1-2-7-15(6-1)23-28-21(30-29-23)13-18-14-31-24(26-18)20-12-16-8-5-11-19(22(16)27-20)25-17-9-3-4-10-17/h5,8,11-12,15,17-18,25,27H,1-4,6-7,9-10,13-14H2/t18-/m1/s1. The van der Waals surface area contributed by atoms with Crippen molar-refractivity contribution in [3.63, 3.8) is 0 Å². The second-order valence-electron chi connectivity index (χ2n) is 9.21. The molecule has 2 aromatic heterocycles. The minimum Gasteiger partial charge on any atom is -0.381 e. The Morgan fingerprint density at radius 2 is 1.94 bits per heavy atom. The van der Waals surface area contributed by atoms with Crippen LogP contribution in [0.3, 0.4) is 0 Å². The number of aromatic amines is 1. The van der Waals surface area contributed by atoms with Crippen molar-refractivity contribution in [3.05, 3.63) is 41.7 Å². The summed E-state index contributed by atoms with van der Waals surface area (Å²) in [6.45, 7) is 0. The normalized spacial score (nSPS) is 22.6. The number of anilines is 1. The number of benzene rings is 1. The Labute approximate surface area is 186 Å². The number of rotatable bonds is 6. The Morgan fingerprint density at radius 1 is 1.10 bits per heavy atom. The van der Waals surface area contributed by atoms with Gasteiger partial charge < -0.3 is 14.8 Å². The summed E-state index contributed by atoms with van der Waals surface area (Å²) >= 11 is 1.82. The van der Waals surface area contributed by atoms with Crippen LogP contribution in [-0.4, -0.2) is 38.0 Å². The molecule has 0 bridgehead atoms. The van der Waals surface area contributed by atoms with E-state index in [9.17, 15) is 0 Å². The third-order valence-electron chi connectivity index (χ3n) is 6.93. The maximum absolute atomic E-state index is 5.55. The Bertz CT molecular complexity index is 1090. The van der Waals surface area contributed by atoms with E-state index >= 15 is 0 Å². The van der Waals surface area contributed by atoms with Gasteiger partial charge in [0.05, 0.1) is 29.4 Å². The fraction of sp³-hybridized carbons (Fsp3) is 0.542. The summed E-state index contributed by atoms with van der Waals surface area (Å²) in [7, 11) is 0. The van der Waals surface area contributed by atoms with E-state index < -0.39 is 0 Å². The Morgan fingerprint density at radius 3 is 2.81 bits per heavy atom. The van der Waals surface area contributed by atoms with Gasteiger partial charge >= 0.3 is 0 Å². The first-order valence-electron chi connectivity index (χ1n) is 11.7. The molecule has 162 valence electrons. The van der Waals surface area contributed by atoms with Crippen molar-refractivity contribution in [3.8, 4) is 0 Å². The largest absolute Gasteiger partial charge is 0.381 e. The zero-order valence-electron chi connectivity index (χ0n) is 17.8. The second kappa shape index (κ2) is 8.34. The number of nitrogens with one attached hydrogen (secondary N) is 2. The molecule has 31 heavy (non-hydrogen) atoms. The summed E-state index contributed by atoms with van der Waals surface area (Å²) in [5, 5.41) is 10.3. The van der Waals surface area contributed by atoms with E-state index in [0.29, 0.717) is 12.0 Å². The molecule has 2 N–H and O–H groups in total. The first-order chi connectivity index (χ1) is 15.3. The summed E-state index contributed by atoms with van der Waals surface area (Å²) in [5.74, 6) is 3.09. The van der Waals surface area contributed by atoms with Crippen LogP contribution in [0.25, 0.3) is 10.9 Å². The van der Waals surface area contributed by atoms with Gasteiger partial charge in [0.2, 0.25) is 5.89 Å². The van der Waals surface area contributed by atoms with Gasteiger partial charge in [-0.15, -0.1) is 11.8 Å². The van der Waals surface area contributed by atoms with Gasteiger partial charge in [-0.1, -0.05) is 43.0 Å². The van der Waals surface area contributed by atoms with Crippen molar-refractivity contribution in [1.82, 2.24) is 15.1 Å². The lowest BCUT2D eigenvalue weighted by Crippen LogP contribution is -2.14. The Balaban J connectivity index is 1.17. The molecule has 3 aromatic rings. The lowest BCUT2D eigenvalue weighted by molar-refractivity contribution is 0.364. The molecule has 0 spiro atoms. The molecule has 6 nitrogen and oxygen atoms in total. The fourth-order valence-electron chi connectivity index (χ4n) is 5.25. The summed E-state index contributed by atoms with van der Waals surface area (Å²) in [6, 6.07) is 9.53. The zero-order valence-corrected chi connectivity index (χ0v) is 18.6. The molecule has 0 saturated heterocycles. The molecule has 0 unspecified atom stereocenters. The molecule has 1 atom stereocenters. The highest BCUT2D eigenvalue weighted by Crippen LogP contribution is 2.33. The number of fused-ring (bicyclic) bond motifs is 1. The van der Waals surface area contributed by atoms with E-state index in [4.69, 9.17) is 9.52 Å². The predicted molar refractivity (Wildman–Crippen MR) is 126 cm³/mol. The van der Waals surface area contributed by atoms with Crippen LogP contribution in [0.5, 0.6) is 0 Å². The van der Waals surface area contributed by atoms with E-state index in [0.717, 1.165) is 34.6 Å². The highest BCUT2D eigenvalue weighted by atomic mass is 32.2. The number of hydrogen-bond donors (Lipinski definition) is 2. The summed E-state index contributed by atoms with van der Waals surface area (Å²) in [4.78, 5) is 13.3. The van der Waals surface area contributed by atoms with Gasteiger partial charge in [0, 0.05) is 23.1 Å². The summed E-state index contributed by atoms with van der Waals surface area (Å²) < 4.78 is 5.55. The summed E-state index contributed by atoms with van der Waals surface area (Å²) in [6.07, 6.45) is 10.9. The maximum Gasteiger partial charge on any atom is 0.228 e. The highest BCUT2D eigenvalue weighted by Gasteiger charge is 2.26. The molecule has 6 rings (SSSR count). The SMILES string of the molecule is c1cc(NC2CCCC2)c2[nH]c(C3=N[C@H](Cc4nc(C5CCCC5)no4)CS3)cc2c1. The predicted octanol–water partition coefficient (Wildman–Crippen LogP) is 5.67. The van der Waals surface area contributed by atoms with Gasteiger partial charge in [-0.2, -0.15) is 4.98 Å². The van der Waals surface area contributed by atoms with Crippen LogP contribution in [0.2, 0.25) is 0 Å². The molecule has 2 saturated carbocycles. The van der Waals surface area contributed by atoms with Gasteiger partial charge in [0.25, 0.3) is 0 Å². The average molecular weight is 436 g/mol. The van der Waals surface area contributed by atoms with E-state index in [-0.39, 0.29) is 6.04 Å². The Hall–Kier alpha value is -2.28. The van der Waals surface area contributed by atoms with Gasteiger partial charge in [-0.25, -0.2) is 0 Å². The smallest absolute Gasteiger partial charge is 0.228 e. The number of nitrogens with zero attached hydrogens (tertiary/aromatic N) is 3. The van der Waals surface area contributed by atoms with E-state index in [1.165, 1.54) is 68.0 Å². The van der Waals surface area contributed by atoms with Crippen LogP contribution >= 0.6 is 11.8 Å². The van der Waals surface area contributed by atoms with Crippen molar-refractivity contribution < 1.29 is 4.52 Å². The first-order valence-corrected chi connectivity index (χ1v) is 12.7. The monoisotopic (exact) mass is 435 g/mol. The minimum absolute atomic E-state index is 0.194. The van der Waals surface area contributed by atoms with Crippen molar-refractivity contribution in [2.24, 2.45) is 4.99 Å². The topological polar surface area (TPSA) is 79.1 Å². The maximum atomic E-state index is 5.55. The number of thioether (sulfide) groups is 1. The average Bonchev–Trinajstić information content (AvgIpc) is 3.59. The highest BCUT2D eigenvalue weighted by molar-refractivity contribution is 8.14. The minimum atomic E-state index is 0.194. The fourth-order valence-corrected chi connectivity index (χ4v) is 6.28. The van der Waals surface area contributed by atoms with Gasteiger partial charge in [-0.05, 0) is 37.8 Å². The van der Waals surface area contributed by atoms with Crippen LogP contribution in [0.1, 0.15) is 74.7 Å². The molecule has 2 fully saturated rings. The van der Waals surface area contributed by atoms with Crippen LogP contribution < -0.4 is 5.32 Å². The third-order valence-corrected chi connectivity index (χ3v) is 8.08. The molecule has 0 amide bonds. The number of aliphatic imine (C=N–C) groups is 1. The lowest BCUT2D eigenvalue weighted by atomic mass is 10.1. The molecular weight excluding hydrogens is 406 g/mol. The van der Waals surface area contributed by atoms with Crippen LogP contribution in [0, 0.1) is 0 Å². The van der Waals surface area contributed by atoms with Crippen LogP contribution in [0.15, 0.2) is 33.8 Å². The number of H-pyrrole nitrogens is 1. The van der Waals surface area contributed by atoms with E-state index in [2.05, 4.69) is 44.7 Å². The molecule has 0 radical (unpaired) electrons. The number of hydrogen-bond acceptors (Lipinski definition) is 6. The molecule has 2 aliphatic carbocycles. The van der Waals surface area contributed by atoms with Crippen molar-refractivity contribution in [1.29, 1.82) is 0 Å². The quantitative estimate of drug-likeness (QED) is 0.522.